The van der Waals surface area contributed by atoms with Crippen molar-refractivity contribution in [2.45, 2.75) is 32.2 Å². The maximum atomic E-state index is 4.50. The molecule has 1 fully saturated rings. The van der Waals surface area contributed by atoms with E-state index >= 15 is 0 Å². The molecule has 1 aliphatic carbocycles. The summed E-state index contributed by atoms with van der Waals surface area (Å²) in [4.78, 5) is 4.50. The molecule has 2 aromatic carbocycles. The van der Waals surface area contributed by atoms with E-state index in [1.807, 2.05) is 0 Å². The number of hydrogen-bond acceptors (Lipinski definition) is 3. The number of hydrogen-bond donors (Lipinski definition) is 1. The minimum atomic E-state index is 0.837. The highest BCUT2D eigenvalue weighted by Crippen LogP contribution is 2.39. The minimum Gasteiger partial charge on any atom is -0.381 e. The molecule has 1 N–H and O–H groups in total. The number of aromatic nitrogens is 1. The van der Waals surface area contributed by atoms with E-state index in [1.165, 1.54) is 28.7 Å². The van der Waals surface area contributed by atoms with Crippen LogP contribution in [0.4, 0.5) is 5.69 Å². The van der Waals surface area contributed by atoms with Gasteiger partial charge in [0.05, 0.1) is 15.2 Å². The Morgan fingerprint density at radius 3 is 2.71 bits per heavy atom. The van der Waals surface area contributed by atoms with Gasteiger partial charge in [0.25, 0.3) is 0 Å². The lowest BCUT2D eigenvalue weighted by Crippen LogP contribution is -1.99. The summed E-state index contributed by atoms with van der Waals surface area (Å²) in [5, 5.41) is 4.63. The third-order valence-corrected chi connectivity index (χ3v) is 4.95. The molecule has 4 rings (SSSR count). The summed E-state index contributed by atoms with van der Waals surface area (Å²) in [6, 6.07) is 15.5. The molecule has 106 valence electrons. The number of rotatable bonds is 4. The summed E-state index contributed by atoms with van der Waals surface area (Å²) in [6.45, 7) is 2.92. The Kier molecular flexibility index (Phi) is 3.15. The van der Waals surface area contributed by atoms with Gasteiger partial charge in [-0.1, -0.05) is 24.3 Å². The number of fused-ring (bicyclic) bond motifs is 1. The molecule has 0 unspecified atom stereocenters. The molecule has 0 bridgehead atoms. The van der Waals surface area contributed by atoms with Crippen LogP contribution in [0, 0.1) is 6.92 Å². The van der Waals surface area contributed by atoms with Crippen molar-refractivity contribution in [3.63, 3.8) is 0 Å². The number of nitrogens with one attached hydrogen (secondary N) is 1. The van der Waals surface area contributed by atoms with E-state index in [9.17, 15) is 0 Å². The molecule has 1 saturated carbocycles. The molecule has 2 nitrogen and oxygen atoms in total. The molecule has 21 heavy (non-hydrogen) atoms. The average molecular weight is 294 g/mol. The Morgan fingerprint density at radius 1 is 1.14 bits per heavy atom. The van der Waals surface area contributed by atoms with Gasteiger partial charge in [-0.05, 0) is 55.0 Å². The fourth-order valence-electron chi connectivity index (χ4n) is 2.68. The van der Waals surface area contributed by atoms with E-state index in [-0.39, 0.29) is 0 Å². The Hall–Kier alpha value is -1.87. The van der Waals surface area contributed by atoms with Gasteiger partial charge < -0.3 is 5.32 Å². The van der Waals surface area contributed by atoms with Crippen LogP contribution >= 0.6 is 11.3 Å². The molecular formula is C18H18N2S. The normalized spacial score (nSPS) is 14.5. The van der Waals surface area contributed by atoms with Crippen molar-refractivity contribution < 1.29 is 0 Å². The van der Waals surface area contributed by atoms with Gasteiger partial charge in [-0.15, -0.1) is 11.3 Å². The van der Waals surface area contributed by atoms with Gasteiger partial charge in [0, 0.05) is 12.2 Å². The zero-order chi connectivity index (χ0) is 14.2. The molecular weight excluding hydrogens is 276 g/mol. The highest BCUT2D eigenvalue weighted by atomic mass is 32.1. The topological polar surface area (TPSA) is 24.9 Å². The van der Waals surface area contributed by atoms with E-state index in [0.29, 0.717) is 0 Å². The quantitative estimate of drug-likeness (QED) is 0.724. The highest BCUT2D eigenvalue weighted by molar-refractivity contribution is 7.18. The summed E-state index contributed by atoms with van der Waals surface area (Å²) < 4.78 is 1.25. The number of anilines is 1. The molecule has 1 aromatic heterocycles. The second-order valence-electron chi connectivity index (χ2n) is 5.78. The van der Waals surface area contributed by atoms with E-state index < -0.39 is 0 Å². The van der Waals surface area contributed by atoms with Gasteiger partial charge >= 0.3 is 0 Å². The van der Waals surface area contributed by atoms with Crippen LogP contribution in [-0.4, -0.2) is 4.98 Å². The number of thiazole rings is 1. The molecule has 0 saturated heterocycles. The molecule has 0 amide bonds. The first-order valence-corrected chi connectivity index (χ1v) is 8.29. The lowest BCUT2D eigenvalue weighted by Gasteiger charge is -2.07. The second kappa shape index (κ2) is 5.15. The Bertz CT molecular complexity index is 770. The summed E-state index contributed by atoms with van der Waals surface area (Å²) in [5.74, 6) is 0.837. The molecule has 1 heterocycles. The molecule has 0 spiro atoms. The van der Waals surface area contributed by atoms with E-state index in [1.54, 1.807) is 11.3 Å². The van der Waals surface area contributed by atoms with Crippen LogP contribution in [0.3, 0.4) is 0 Å². The zero-order valence-electron chi connectivity index (χ0n) is 12.1. The van der Waals surface area contributed by atoms with Crippen LogP contribution in [0.5, 0.6) is 0 Å². The molecule has 3 aromatic rings. The van der Waals surface area contributed by atoms with Crippen LogP contribution < -0.4 is 5.32 Å². The fourth-order valence-corrected chi connectivity index (χ4v) is 3.54. The first-order chi connectivity index (χ1) is 10.3. The maximum Gasteiger partial charge on any atom is 0.0907 e. The van der Waals surface area contributed by atoms with Crippen LogP contribution in [0.15, 0.2) is 42.5 Å². The number of benzene rings is 2. The minimum absolute atomic E-state index is 0.837. The lowest BCUT2D eigenvalue weighted by molar-refractivity contribution is 1.10. The van der Waals surface area contributed by atoms with Crippen LogP contribution in [0.25, 0.3) is 10.2 Å². The molecule has 1 aliphatic rings. The molecule has 0 aliphatic heterocycles. The van der Waals surface area contributed by atoms with Crippen molar-refractivity contribution in [2.24, 2.45) is 0 Å². The summed E-state index contributed by atoms with van der Waals surface area (Å²) >= 11 is 1.75. The van der Waals surface area contributed by atoms with Gasteiger partial charge in [-0.2, -0.15) is 0 Å². The van der Waals surface area contributed by atoms with Crippen molar-refractivity contribution in [1.29, 1.82) is 0 Å². The first kappa shape index (κ1) is 12.8. The summed E-state index contributed by atoms with van der Waals surface area (Å²) in [6.07, 6.45) is 2.73. The highest BCUT2D eigenvalue weighted by Gasteiger charge is 2.22. The van der Waals surface area contributed by atoms with Crippen LogP contribution in [0.1, 0.15) is 34.9 Å². The van der Waals surface area contributed by atoms with Crippen molar-refractivity contribution in [3.8, 4) is 0 Å². The Morgan fingerprint density at radius 2 is 1.95 bits per heavy atom. The third-order valence-electron chi connectivity index (χ3n) is 4.02. The van der Waals surface area contributed by atoms with Crippen molar-refractivity contribution in [1.82, 2.24) is 4.98 Å². The predicted molar refractivity (Wildman–Crippen MR) is 90.1 cm³/mol. The Labute approximate surface area is 128 Å². The number of aryl methyl sites for hydroxylation is 1. The average Bonchev–Trinajstić information content (AvgIpc) is 3.27. The van der Waals surface area contributed by atoms with Gasteiger partial charge in [0.1, 0.15) is 0 Å². The van der Waals surface area contributed by atoms with Crippen molar-refractivity contribution in [3.05, 3.63) is 58.6 Å². The van der Waals surface area contributed by atoms with Gasteiger partial charge in [-0.3, -0.25) is 0 Å². The van der Waals surface area contributed by atoms with Gasteiger partial charge in [0.15, 0.2) is 0 Å². The molecule has 0 atom stereocenters. The van der Waals surface area contributed by atoms with Crippen LogP contribution in [-0.2, 0) is 6.54 Å². The molecule has 3 heteroatoms. The smallest absolute Gasteiger partial charge is 0.0907 e. The zero-order valence-corrected chi connectivity index (χ0v) is 12.9. The monoisotopic (exact) mass is 294 g/mol. The summed E-state index contributed by atoms with van der Waals surface area (Å²) in [5.41, 5.74) is 5.09. The Balaban J connectivity index is 1.46. The number of nitrogens with zero attached hydrogens (tertiary/aromatic N) is 1. The molecule has 0 radical (unpaired) electrons. The lowest BCUT2D eigenvalue weighted by atomic mass is 10.1. The predicted octanol–water partition coefficient (Wildman–Crippen LogP) is 5.09. The third kappa shape index (κ3) is 2.79. The fraction of sp³-hybridized carbons (Fsp3) is 0.278. The van der Waals surface area contributed by atoms with Crippen molar-refractivity contribution >= 4 is 27.2 Å². The van der Waals surface area contributed by atoms with Gasteiger partial charge in [-0.25, -0.2) is 4.98 Å². The van der Waals surface area contributed by atoms with E-state index in [2.05, 4.69) is 59.7 Å². The largest absolute Gasteiger partial charge is 0.381 e. The van der Waals surface area contributed by atoms with Gasteiger partial charge in [0.2, 0.25) is 0 Å². The standard InChI is InChI=1S/C18H18N2S/c1-12-20-17-9-8-16(10-18(17)21-12)19-11-13-2-4-14(5-3-13)15-6-7-15/h2-5,8-10,15,19H,6-7,11H2,1H3. The van der Waals surface area contributed by atoms with Crippen molar-refractivity contribution in [2.75, 3.05) is 5.32 Å². The maximum absolute atomic E-state index is 4.50. The first-order valence-electron chi connectivity index (χ1n) is 7.48. The SMILES string of the molecule is Cc1nc2ccc(NCc3ccc(C4CC4)cc3)cc2s1. The summed E-state index contributed by atoms with van der Waals surface area (Å²) in [7, 11) is 0. The van der Waals surface area contributed by atoms with E-state index in [4.69, 9.17) is 0 Å². The second-order valence-corrected chi connectivity index (χ2v) is 7.02. The van der Waals surface area contributed by atoms with Crippen LogP contribution in [0.2, 0.25) is 0 Å². The van der Waals surface area contributed by atoms with E-state index in [0.717, 1.165) is 28.7 Å².